The fourth-order valence-electron chi connectivity index (χ4n) is 1.36. The van der Waals surface area contributed by atoms with Gasteiger partial charge in [0.05, 0.1) is 19.1 Å². The third-order valence-electron chi connectivity index (χ3n) is 2.02. The Kier molecular flexibility index (Phi) is 5.61. The zero-order chi connectivity index (χ0) is 10.5. The minimum Gasteiger partial charge on any atom is -0.375 e. The number of hydrogen-bond acceptors (Lipinski definition) is 6. The maximum Gasteiger partial charge on any atom is 0.228 e. The standard InChI is InChI=1S/C8H12N4O2S.ClH/c13-7(11-8-12-10-5-15-8)3-6-4-9-1-2-14-6;/h5-6,9H,1-4H2,(H,11,12,13);1H. The van der Waals surface area contributed by atoms with Crippen molar-refractivity contribution in [1.29, 1.82) is 0 Å². The van der Waals surface area contributed by atoms with E-state index in [1.807, 2.05) is 0 Å². The lowest BCUT2D eigenvalue weighted by molar-refractivity contribution is -0.119. The highest BCUT2D eigenvalue weighted by molar-refractivity contribution is 7.13. The number of ether oxygens (including phenoxy) is 1. The van der Waals surface area contributed by atoms with Crippen LogP contribution in [0.1, 0.15) is 6.42 Å². The molecule has 2 heterocycles. The van der Waals surface area contributed by atoms with Gasteiger partial charge in [0.15, 0.2) is 0 Å². The number of aromatic nitrogens is 2. The van der Waals surface area contributed by atoms with Crippen molar-refractivity contribution in [1.82, 2.24) is 15.5 Å². The van der Waals surface area contributed by atoms with E-state index in [2.05, 4.69) is 20.8 Å². The number of carbonyl (C=O) groups is 1. The topological polar surface area (TPSA) is 76.1 Å². The molecule has 1 amide bonds. The van der Waals surface area contributed by atoms with Gasteiger partial charge in [-0.05, 0) is 0 Å². The number of hydrogen-bond donors (Lipinski definition) is 2. The summed E-state index contributed by atoms with van der Waals surface area (Å²) >= 11 is 1.30. The van der Waals surface area contributed by atoms with Crippen molar-refractivity contribution in [2.75, 3.05) is 25.0 Å². The van der Waals surface area contributed by atoms with Crippen LogP contribution in [0, 0.1) is 0 Å². The Bertz CT molecular complexity index is 316. The minimum atomic E-state index is -0.0829. The van der Waals surface area contributed by atoms with E-state index in [1.165, 1.54) is 11.3 Å². The van der Waals surface area contributed by atoms with Gasteiger partial charge < -0.3 is 15.4 Å². The van der Waals surface area contributed by atoms with Crippen LogP contribution in [0.3, 0.4) is 0 Å². The van der Waals surface area contributed by atoms with Crippen LogP contribution in [-0.4, -0.2) is 41.9 Å². The van der Waals surface area contributed by atoms with E-state index in [-0.39, 0.29) is 24.4 Å². The molecule has 1 fully saturated rings. The third kappa shape index (κ3) is 4.01. The number of amides is 1. The van der Waals surface area contributed by atoms with Gasteiger partial charge in [-0.1, -0.05) is 11.3 Å². The Morgan fingerprint density at radius 1 is 1.75 bits per heavy atom. The van der Waals surface area contributed by atoms with E-state index in [0.29, 0.717) is 18.2 Å². The van der Waals surface area contributed by atoms with Gasteiger partial charge in [-0.3, -0.25) is 4.79 Å². The number of nitrogens with zero attached hydrogens (tertiary/aromatic N) is 2. The van der Waals surface area contributed by atoms with Crippen LogP contribution < -0.4 is 10.6 Å². The molecule has 1 aliphatic rings. The highest BCUT2D eigenvalue weighted by Gasteiger charge is 2.17. The molecule has 90 valence electrons. The maximum absolute atomic E-state index is 11.5. The van der Waals surface area contributed by atoms with Gasteiger partial charge in [-0.15, -0.1) is 22.6 Å². The Morgan fingerprint density at radius 3 is 3.25 bits per heavy atom. The summed E-state index contributed by atoms with van der Waals surface area (Å²) in [6, 6.07) is 0. The monoisotopic (exact) mass is 264 g/mol. The van der Waals surface area contributed by atoms with Gasteiger partial charge >= 0.3 is 0 Å². The molecule has 0 radical (unpaired) electrons. The average Bonchev–Trinajstić information content (AvgIpc) is 2.71. The van der Waals surface area contributed by atoms with E-state index in [0.717, 1.165) is 13.1 Å². The molecule has 0 aliphatic carbocycles. The average molecular weight is 265 g/mol. The largest absolute Gasteiger partial charge is 0.375 e. The van der Waals surface area contributed by atoms with E-state index < -0.39 is 0 Å². The number of nitrogens with one attached hydrogen (secondary N) is 2. The quantitative estimate of drug-likeness (QED) is 0.820. The first-order valence-electron chi connectivity index (χ1n) is 4.73. The molecule has 1 unspecified atom stereocenters. The van der Waals surface area contributed by atoms with E-state index in [9.17, 15) is 4.79 Å². The summed E-state index contributed by atoms with van der Waals surface area (Å²) in [5.74, 6) is -0.0829. The molecular weight excluding hydrogens is 252 g/mol. The summed E-state index contributed by atoms with van der Waals surface area (Å²) in [4.78, 5) is 11.5. The van der Waals surface area contributed by atoms with Crippen LogP contribution in [0.15, 0.2) is 5.51 Å². The minimum absolute atomic E-state index is 0. The highest BCUT2D eigenvalue weighted by Crippen LogP contribution is 2.09. The lowest BCUT2D eigenvalue weighted by Gasteiger charge is -2.22. The fraction of sp³-hybridized carbons (Fsp3) is 0.625. The van der Waals surface area contributed by atoms with Crippen molar-refractivity contribution in [3.05, 3.63) is 5.51 Å². The molecule has 8 heteroatoms. The molecule has 1 atom stereocenters. The Labute approximate surface area is 103 Å². The van der Waals surface area contributed by atoms with Crippen molar-refractivity contribution in [3.8, 4) is 0 Å². The number of rotatable bonds is 3. The van der Waals surface area contributed by atoms with Gasteiger partial charge in [0.1, 0.15) is 5.51 Å². The number of carbonyl (C=O) groups excluding carboxylic acids is 1. The summed E-state index contributed by atoms with van der Waals surface area (Å²) in [7, 11) is 0. The molecule has 2 N–H and O–H groups in total. The fourth-order valence-corrected chi connectivity index (χ4v) is 1.82. The SMILES string of the molecule is Cl.O=C(CC1CNCCO1)Nc1nncs1. The molecule has 0 bridgehead atoms. The molecule has 1 aromatic rings. The Balaban J connectivity index is 0.00000128. The van der Waals surface area contributed by atoms with Crippen LogP contribution in [-0.2, 0) is 9.53 Å². The number of anilines is 1. The van der Waals surface area contributed by atoms with Crippen molar-refractivity contribution >= 4 is 34.8 Å². The van der Waals surface area contributed by atoms with E-state index in [4.69, 9.17) is 4.74 Å². The predicted octanol–water partition coefficient (Wildman–Crippen LogP) is 0.277. The van der Waals surface area contributed by atoms with Crippen LogP contribution in [0.4, 0.5) is 5.13 Å². The molecule has 1 aliphatic heterocycles. The Hall–Kier alpha value is -0.760. The molecule has 2 rings (SSSR count). The van der Waals surface area contributed by atoms with Crippen LogP contribution >= 0.6 is 23.7 Å². The number of halogens is 1. The van der Waals surface area contributed by atoms with Crippen molar-refractivity contribution < 1.29 is 9.53 Å². The van der Waals surface area contributed by atoms with Gasteiger partial charge in [0.25, 0.3) is 0 Å². The molecule has 16 heavy (non-hydrogen) atoms. The summed E-state index contributed by atoms with van der Waals surface area (Å²) in [6.07, 6.45) is 0.318. The second kappa shape index (κ2) is 6.74. The first-order chi connectivity index (χ1) is 7.34. The molecule has 0 saturated carbocycles. The second-order valence-electron chi connectivity index (χ2n) is 3.19. The predicted molar refractivity (Wildman–Crippen MR) is 63.0 cm³/mol. The van der Waals surface area contributed by atoms with Crippen LogP contribution in [0.25, 0.3) is 0 Å². The third-order valence-corrected chi connectivity index (χ3v) is 2.63. The molecular formula is C8H13ClN4O2S. The lowest BCUT2D eigenvalue weighted by atomic mass is 10.2. The number of morpholine rings is 1. The van der Waals surface area contributed by atoms with Crippen molar-refractivity contribution in [3.63, 3.8) is 0 Å². The second-order valence-corrected chi connectivity index (χ2v) is 4.03. The summed E-state index contributed by atoms with van der Waals surface area (Å²) in [6.45, 7) is 2.24. The zero-order valence-corrected chi connectivity index (χ0v) is 10.1. The molecule has 0 aromatic carbocycles. The molecule has 1 aromatic heterocycles. The highest BCUT2D eigenvalue weighted by atomic mass is 35.5. The summed E-state index contributed by atoms with van der Waals surface area (Å²) < 4.78 is 5.41. The van der Waals surface area contributed by atoms with Gasteiger partial charge in [0, 0.05) is 13.1 Å². The van der Waals surface area contributed by atoms with Gasteiger partial charge in [-0.2, -0.15) is 0 Å². The van der Waals surface area contributed by atoms with Gasteiger partial charge in [-0.25, -0.2) is 0 Å². The van der Waals surface area contributed by atoms with Crippen LogP contribution in [0.2, 0.25) is 0 Å². The smallest absolute Gasteiger partial charge is 0.228 e. The summed E-state index contributed by atoms with van der Waals surface area (Å²) in [5.41, 5.74) is 1.58. The van der Waals surface area contributed by atoms with Crippen molar-refractivity contribution in [2.45, 2.75) is 12.5 Å². The normalized spacial score (nSPS) is 19.9. The zero-order valence-electron chi connectivity index (χ0n) is 8.51. The molecule has 6 nitrogen and oxygen atoms in total. The molecule has 0 spiro atoms. The van der Waals surface area contributed by atoms with E-state index in [1.54, 1.807) is 5.51 Å². The molecule has 1 saturated heterocycles. The van der Waals surface area contributed by atoms with Crippen molar-refractivity contribution in [2.24, 2.45) is 0 Å². The first kappa shape index (κ1) is 13.3. The first-order valence-corrected chi connectivity index (χ1v) is 5.61. The maximum atomic E-state index is 11.5. The lowest BCUT2D eigenvalue weighted by Crippen LogP contribution is -2.40. The van der Waals surface area contributed by atoms with Gasteiger partial charge in [0.2, 0.25) is 11.0 Å². The van der Waals surface area contributed by atoms with Crippen LogP contribution in [0.5, 0.6) is 0 Å². The summed E-state index contributed by atoms with van der Waals surface area (Å²) in [5, 5.41) is 13.7. The Morgan fingerprint density at radius 2 is 2.62 bits per heavy atom. The van der Waals surface area contributed by atoms with E-state index >= 15 is 0 Å².